The Labute approximate surface area is 91.4 Å². The molecule has 1 aliphatic heterocycles. The van der Waals surface area contributed by atoms with Crippen molar-refractivity contribution in [3.05, 3.63) is 0 Å². The van der Waals surface area contributed by atoms with Crippen LogP contribution in [0.15, 0.2) is 0 Å². The van der Waals surface area contributed by atoms with Crippen LogP contribution in [0.5, 0.6) is 0 Å². The smallest absolute Gasteiger partial charge is 0.242 e. The van der Waals surface area contributed by atoms with Gasteiger partial charge in [0.1, 0.15) is 6.04 Å². The van der Waals surface area contributed by atoms with Crippen molar-refractivity contribution in [2.45, 2.75) is 45.8 Å². The molecule has 15 heavy (non-hydrogen) atoms. The van der Waals surface area contributed by atoms with Gasteiger partial charge in [-0.15, -0.1) is 0 Å². The van der Waals surface area contributed by atoms with Crippen molar-refractivity contribution in [2.75, 3.05) is 13.1 Å². The molecule has 0 aromatic rings. The first kappa shape index (κ1) is 12.5. The summed E-state index contributed by atoms with van der Waals surface area (Å²) in [5, 5.41) is 9.91. The summed E-state index contributed by atoms with van der Waals surface area (Å²) in [6.07, 6.45) is 1.30. The molecule has 0 aliphatic carbocycles. The molecule has 1 amide bonds. The fourth-order valence-corrected chi connectivity index (χ4v) is 1.82. The molecule has 0 spiro atoms. The van der Waals surface area contributed by atoms with E-state index in [4.69, 9.17) is 5.73 Å². The van der Waals surface area contributed by atoms with E-state index in [1.807, 2.05) is 20.8 Å². The van der Waals surface area contributed by atoms with Gasteiger partial charge in [0.05, 0.1) is 6.10 Å². The summed E-state index contributed by atoms with van der Waals surface area (Å²) < 4.78 is 0. The van der Waals surface area contributed by atoms with Gasteiger partial charge >= 0.3 is 0 Å². The maximum atomic E-state index is 11.9. The molecular weight excluding hydrogens is 192 g/mol. The highest BCUT2D eigenvalue weighted by atomic mass is 16.3. The van der Waals surface area contributed by atoms with E-state index in [0.29, 0.717) is 0 Å². The summed E-state index contributed by atoms with van der Waals surface area (Å²) in [5.41, 5.74) is 5.43. The van der Waals surface area contributed by atoms with Crippen LogP contribution in [-0.2, 0) is 4.79 Å². The Balaban J connectivity index is 2.59. The van der Waals surface area contributed by atoms with Gasteiger partial charge in [-0.3, -0.25) is 4.79 Å². The van der Waals surface area contributed by atoms with Gasteiger partial charge in [-0.2, -0.15) is 0 Å². The van der Waals surface area contributed by atoms with Gasteiger partial charge < -0.3 is 15.7 Å². The minimum absolute atomic E-state index is 0.116. The van der Waals surface area contributed by atoms with Crippen LogP contribution in [0.25, 0.3) is 0 Å². The standard InChI is InChI=1S/C11H22N2O2/c1-11(2,3)9(14)8(12)10(15)13-6-4-5-7-13/h8-9,14H,4-7,12H2,1-3H3/t8-,9+/m0/s1. The van der Waals surface area contributed by atoms with Crippen molar-refractivity contribution < 1.29 is 9.90 Å². The topological polar surface area (TPSA) is 66.6 Å². The molecule has 1 aliphatic rings. The number of carbonyl (C=O) groups excluding carboxylic acids is 1. The molecule has 1 saturated heterocycles. The van der Waals surface area contributed by atoms with Crippen LogP contribution < -0.4 is 5.73 Å². The van der Waals surface area contributed by atoms with Gasteiger partial charge in [-0.25, -0.2) is 0 Å². The number of hydrogen-bond donors (Lipinski definition) is 2. The van der Waals surface area contributed by atoms with E-state index >= 15 is 0 Å². The number of aliphatic hydroxyl groups excluding tert-OH is 1. The number of nitrogens with two attached hydrogens (primary N) is 1. The number of hydrogen-bond acceptors (Lipinski definition) is 3. The SMILES string of the molecule is CC(C)(C)[C@H](O)[C@H](N)C(=O)N1CCCC1. The van der Waals surface area contributed by atoms with Crippen molar-refractivity contribution in [1.82, 2.24) is 4.90 Å². The van der Waals surface area contributed by atoms with Crippen molar-refractivity contribution in [3.63, 3.8) is 0 Å². The molecule has 0 unspecified atom stereocenters. The first-order chi connectivity index (χ1) is 6.84. The maximum absolute atomic E-state index is 11.9. The van der Waals surface area contributed by atoms with Gasteiger partial charge in [-0.1, -0.05) is 20.8 Å². The summed E-state index contributed by atoms with van der Waals surface area (Å²) in [7, 11) is 0. The van der Waals surface area contributed by atoms with Crippen LogP contribution in [0.2, 0.25) is 0 Å². The summed E-state index contributed by atoms with van der Waals surface area (Å²) in [5.74, 6) is -0.116. The zero-order chi connectivity index (χ0) is 11.6. The predicted octanol–water partition coefficient (Wildman–Crippen LogP) is 0.343. The van der Waals surface area contributed by atoms with Crippen molar-refractivity contribution in [2.24, 2.45) is 11.1 Å². The van der Waals surface area contributed by atoms with E-state index in [9.17, 15) is 9.90 Å². The van der Waals surface area contributed by atoms with Crippen LogP contribution in [0.4, 0.5) is 0 Å². The highest BCUT2D eigenvalue weighted by Gasteiger charge is 2.35. The number of amides is 1. The lowest BCUT2D eigenvalue weighted by molar-refractivity contribution is -0.136. The van der Waals surface area contributed by atoms with E-state index in [2.05, 4.69) is 0 Å². The summed E-state index contributed by atoms with van der Waals surface area (Å²) in [4.78, 5) is 13.6. The lowest BCUT2D eigenvalue weighted by Crippen LogP contribution is -2.53. The van der Waals surface area contributed by atoms with Crippen molar-refractivity contribution >= 4 is 5.91 Å². The number of rotatable bonds is 2. The van der Waals surface area contributed by atoms with Gasteiger partial charge in [0.25, 0.3) is 0 Å². The summed E-state index contributed by atoms with van der Waals surface area (Å²) in [6, 6.07) is -0.789. The number of carbonyl (C=O) groups is 1. The molecule has 0 bridgehead atoms. The molecule has 4 heteroatoms. The average molecular weight is 214 g/mol. The molecular formula is C11H22N2O2. The van der Waals surface area contributed by atoms with Crippen LogP contribution in [0.1, 0.15) is 33.6 Å². The summed E-state index contributed by atoms with van der Waals surface area (Å²) >= 11 is 0. The summed E-state index contributed by atoms with van der Waals surface area (Å²) in [6.45, 7) is 7.21. The molecule has 1 rings (SSSR count). The monoisotopic (exact) mass is 214 g/mol. The lowest BCUT2D eigenvalue weighted by Gasteiger charge is -2.32. The molecule has 0 radical (unpaired) electrons. The second kappa shape index (κ2) is 4.49. The predicted molar refractivity (Wildman–Crippen MR) is 59.3 cm³/mol. The van der Waals surface area contributed by atoms with E-state index in [1.54, 1.807) is 4.90 Å². The second-order valence-corrected chi connectivity index (χ2v) is 5.37. The number of likely N-dealkylation sites (tertiary alicyclic amines) is 1. The molecule has 0 aromatic heterocycles. The highest BCUT2D eigenvalue weighted by molar-refractivity contribution is 5.82. The van der Waals surface area contributed by atoms with Gasteiger partial charge in [-0.05, 0) is 18.3 Å². The Bertz CT molecular complexity index is 229. The molecule has 4 nitrogen and oxygen atoms in total. The Hall–Kier alpha value is -0.610. The second-order valence-electron chi connectivity index (χ2n) is 5.37. The Morgan fingerprint density at radius 1 is 1.33 bits per heavy atom. The molecule has 0 saturated carbocycles. The third kappa shape index (κ3) is 2.92. The minimum Gasteiger partial charge on any atom is -0.390 e. The van der Waals surface area contributed by atoms with Crippen molar-refractivity contribution in [3.8, 4) is 0 Å². The van der Waals surface area contributed by atoms with Crippen molar-refractivity contribution in [1.29, 1.82) is 0 Å². The van der Waals surface area contributed by atoms with Gasteiger partial charge in [0.2, 0.25) is 5.91 Å². The Morgan fingerprint density at radius 2 is 1.80 bits per heavy atom. The minimum atomic E-state index is -0.789. The van der Waals surface area contributed by atoms with E-state index in [0.717, 1.165) is 25.9 Å². The maximum Gasteiger partial charge on any atom is 0.242 e. The van der Waals surface area contributed by atoms with E-state index in [-0.39, 0.29) is 11.3 Å². The normalized spacial score (nSPS) is 21.5. The van der Waals surface area contributed by atoms with Crippen LogP contribution in [0.3, 0.4) is 0 Å². The van der Waals surface area contributed by atoms with Crippen LogP contribution in [0, 0.1) is 5.41 Å². The fraction of sp³-hybridized carbons (Fsp3) is 0.909. The molecule has 3 N–H and O–H groups in total. The quantitative estimate of drug-likeness (QED) is 0.696. The number of nitrogens with zero attached hydrogens (tertiary/aromatic N) is 1. The number of aliphatic hydroxyl groups is 1. The van der Waals surface area contributed by atoms with E-state index < -0.39 is 12.1 Å². The lowest BCUT2D eigenvalue weighted by atomic mass is 9.84. The highest BCUT2D eigenvalue weighted by Crippen LogP contribution is 2.22. The van der Waals surface area contributed by atoms with Gasteiger partial charge in [0, 0.05) is 13.1 Å². The zero-order valence-corrected chi connectivity index (χ0v) is 9.86. The van der Waals surface area contributed by atoms with Crippen LogP contribution >= 0.6 is 0 Å². The van der Waals surface area contributed by atoms with Crippen LogP contribution in [-0.4, -0.2) is 41.1 Å². The Kier molecular flexibility index (Phi) is 3.73. The fourth-order valence-electron chi connectivity index (χ4n) is 1.82. The van der Waals surface area contributed by atoms with Gasteiger partial charge in [0.15, 0.2) is 0 Å². The first-order valence-electron chi connectivity index (χ1n) is 5.56. The molecule has 1 fully saturated rings. The van der Waals surface area contributed by atoms with E-state index in [1.165, 1.54) is 0 Å². The zero-order valence-electron chi connectivity index (χ0n) is 9.86. The molecule has 0 aromatic carbocycles. The Morgan fingerprint density at radius 3 is 2.20 bits per heavy atom. The third-order valence-corrected chi connectivity index (χ3v) is 2.93. The molecule has 1 heterocycles. The molecule has 2 atom stereocenters. The molecule has 88 valence electrons. The average Bonchev–Trinajstić information content (AvgIpc) is 2.65. The first-order valence-corrected chi connectivity index (χ1v) is 5.56. The largest absolute Gasteiger partial charge is 0.390 e. The third-order valence-electron chi connectivity index (χ3n) is 2.93.